The van der Waals surface area contributed by atoms with E-state index < -0.39 is 0 Å². The minimum atomic E-state index is 0.158. The third kappa shape index (κ3) is 2.56. The Morgan fingerprint density at radius 1 is 1.53 bits per heavy atom. The van der Waals surface area contributed by atoms with Crippen molar-refractivity contribution in [1.29, 1.82) is 0 Å². The van der Waals surface area contributed by atoms with Crippen LogP contribution in [0.1, 0.15) is 0 Å². The van der Waals surface area contributed by atoms with Crippen LogP contribution in [0.3, 0.4) is 0 Å². The molecule has 0 amide bonds. The highest BCUT2D eigenvalue weighted by Crippen LogP contribution is 2.12. The van der Waals surface area contributed by atoms with E-state index in [1.54, 1.807) is 13.3 Å². The van der Waals surface area contributed by atoms with Gasteiger partial charge in [-0.3, -0.25) is 4.98 Å². The van der Waals surface area contributed by atoms with E-state index in [0.717, 1.165) is 13.1 Å². The van der Waals surface area contributed by atoms with E-state index in [1.807, 2.05) is 0 Å². The standard InChI is InChI=1S/C9H13ClN4O/c1-15-7-3-11-2-6(7)13-9-5-12-4-8(10)14-9/h4-7,11H,2-3H2,1H3,(H,13,14)/t6?,7-/m0/s1. The van der Waals surface area contributed by atoms with Crippen molar-refractivity contribution in [3.05, 3.63) is 17.5 Å². The first kappa shape index (κ1) is 10.6. The van der Waals surface area contributed by atoms with Gasteiger partial charge in [-0.15, -0.1) is 0 Å². The topological polar surface area (TPSA) is 59.1 Å². The molecule has 1 aliphatic rings. The maximum Gasteiger partial charge on any atom is 0.149 e. The smallest absolute Gasteiger partial charge is 0.149 e. The quantitative estimate of drug-likeness (QED) is 0.791. The summed E-state index contributed by atoms with van der Waals surface area (Å²) in [6.07, 6.45) is 3.32. The molecule has 0 radical (unpaired) electrons. The van der Waals surface area contributed by atoms with Gasteiger partial charge in [0.15, 0.2) is 0 Å². The fourth-order valence-corrected chi connectivity index (χ4v) is 1.80. The van der Waals surface area contributed by atoms with Crippen LogP contribution in [0.15, 0.2) is 12.4 Å². The molecule has 5 nitrogen and oxygen atoms in total. The largest absolute Gasteiger partial charge is 0.378 e. The monoisotopic (exact) mass is 228 g/mol. The van der Waals surface area contributed by atoms with Gasteiger partial charge in [-0.25, -0.2) is 4.98 Å². The molecule has 1 aromatic heterocycles. The van der Waals surface area contributed by atoms with Crippen LogP contribution in [-0.2, 0) is 4.74 Å². The fraction of sp³-hybridized carbons (Fsp3) is 0.556. The number of hydrogen-bond acceptors (Lipinski definition) is 5. The maximum atomic E-state index is 5.74. The number of anilines is 1. The molecule has 0 saturated carbocycles. The van der Waals surface area contributed by atoms with Gasteiger partial charge in [0.25, 0.3) is 0 Å². The summed E-state index contributed by atoms with van der Waals surface area (Å²) in [5.74, 6) is 0.679. The van der Waals surface area contributed by atoms with Crippen LogP contribution in [0.5, 0.6) is 0 Å². The van der Waals surface area contributed by atoms with Crippen molar-refractivity contribution in [2.24, 2.45) is 0 Å². The van der Waals surface area contributed by atoms with Crippen LogP contribution in [-0.4, -0.2) is 42.3 Å². The summed E-state index contributed by atoms with van der Waals surface area (Å²) < 4.78 is 5.32. The predicted molar refractivity (Wildman–Crippen MR) is 58.1 cm³/mol. The first-order valence-corrected chi connectivity index (χ1v) is 5.15. The molecule has 0 spiro atoms. The first-order chi connectivity index (χ1) is 7.29. The number of ether oxygens (including phenoxy) is 1. The SMILES string of the molecule is CO[C@H]1CNCC1Nc1cncc(Cl)n1. The molecule has 1 aliphatic heterocycles. The van der Waals surface area contributed by atoms with Gasteiger partial charge >= 0.3 is 0 Å². The number of methoxy groups -OCH3 is 1. The molecule has 0 bridgehead atoms. The fourth-order valence-electron chi connectivity index (χ4n) is 1.65. The molecular weight excluding hydrogens is 216 g/mol. The molecule has 1 fully saturated rings. The number of nitrogens with zero attached hydrogens (tertiary/aromatic N) is 2. The highest BCUT2D eigenvalue weighted by Gasteiger charge is 2.26. The highest BCUT2D eigenvalue weighted by atomic mass is 35.5. The zero-order chi connectivity index (χ0) is 10.7. The Morgan fingerprint density at radius 3 is 3.13 bits per heavy atom. The van der Waals surface area contributed by atoms with E-state index in [2.05, 4.69) is 20.6 Å². The molecule has 15 heavy (non-hydrogen) atoms. The summed E-state index contributed by atoms with van der Waals surface area (Å²) >= 11 is 5.74. The number of aromatic nitrogens is 2. The van der Waals surface area contributed by atoms with Crippen molar-refractivity contribution in [1.82, 2.24) is 15.3 Å². The third-order valence-electron chi connectivity index (χ3n) is 2.40. The summed E-state index contributed by atoms with van der Waals surface area (Å²) in [7, 11) is 1.70. The summed E-state index contributed by atoms with van der Waals surface area (Å²) in [5.41, 5.74) is 0. The molecular formula is C9H13ClN4O. The molecule has 2 heterocycles. The van der Waals surface area contributed by atoms with Gasteiger partial charge in [-0.05, 0) is 0 Å². The molecule has 82 valence electrons. The van der Waals surface area contributed by atoms with Crippen molar-refractivity contribution in [2.45, 2.75) is 12.1 Å². The lowest BCUT2D eigenvalue weighted by Gasteiger charge is -2.18. The van der Waals surface area contributed by atoms with E-state index in [1.165, 1.54) is 6.20 Å². The van der Waals surface area contributed by atoms with Crippen molar-refractivity contribution >= 4 is 17.4 Å². The van der Waals surface area contributed by atoms with Crippen molar-refractivity contribution in [2.75, 3.05) is 25.5 Å². The van der Waals surface area contributed by atoms with Crippen LogP contribution in [0, 0.1) is 0 Å². The zero-order valence-corrected chi connectivity index (χ0v) is 9.16. The molecule has 0 aromatic carbocycles. The molecule has 2 N–H and O–H groups in total. The van der Waals surface area contributed by atoms with E-state index in [9.17, 15) is 0 Å². The second-order valence-corrected chi connectivity index (χ2v) is 3.80. The van der Waals surface area contributed by atoms with Crippen molar-refractivity contribution in [3.8, 4) is 0 Å². The van der Waals surface area contributed by atoms with Crippen LogP contribution in [0.4, 0.5) is 5.82 Å². The molecule has 1 aromatic rings. The van der Waals surface area contributed by atoms with Gasteiger partial charge in [0.1, 0.15) is 11.0 Å². The second kappa shape index (κ2) is 4.74. The molecule has 6 heteroatoms. The van der Waals surface area contributed by atoms with Crippen LogP contribution < -0.4 is 10.6 Å². The Kier molecular flexibility index (Phi) is 3.35. The van der Waals surface area contributed by atoms with Gasteiger partial charge in [-0.1, -0.05) is 11.6 Å². The molecule has 1 unspecified atom stereocenters. The third-order valence-corrected chi connectivity index (χ3v) is 2.58. The first-order valence-electron chi connectivity index (χ1n) is 4.77. The summed E-state index contributed by atoms with van der Waals surface area (Å²) in [5, 5.41) is 6.87. The van der Waals surface area contributed by atoms with Crippen LogP contribution >= 0.6 is 11.6 Å². The van der Waals surface area contributed by atoms with Crippen molar-refractivity contribution in [3.63, 3.8) is 0 Å². The normalized spacial score (nSPS) is 25.5. The lowest BCUT2D eigenvalue weighted by atomic mass is 10.2. The van der Waals surface area contributed by atoms with Crippen LogP contribution in [0.2, 0.25) is 5.15 Å². The van der Waals surface area contributed by atoms with Gasteiger partial charge in [-0.2, -0.15) is 0 Å². The summed E-state index contributed by atoms with van der Waals surface area (Å²) in [4.78, 5) is 8.07. The number of nitrogens with one attached hydrogen (secondary N) is 2. The van der Waals surface area contributed by atoms with Gasteiger partial charge in [0, 0.05) is 20.2 Å². The van der Waals surface area contributed by atoms with Crippen LogP contribution in [0.25, 0.3) is 0 Å². The Labute approximate surface area is 93.2 Å². The van der Waals surface area contributed by atoms with E-state index in [0.29, 0.717) is 11.0 Å². The number of rotatable bonds is 3. The highest BCUT2D eigenvalue weighted by molar-refractivity contribution is 6.29. The molecule has 0 aliphatic carbocycles. The zero-order valence-electron chi connectivity index (χ0n) is 8.40. The van der Waals surface area contributed by atoms with Gasteiger partial charge in [0.05, 0.1) is 24.5 Å². The van der Waals surface area contributed by atoms with E-state index >= 15 is 0 Å². The minimum absolute atomic E-state index is 0.158. The van der Waals surface area contributed by atoms with Gasteiger partial charge in [0.2, 0.25) is 0 Å². The predicted octanol–water partition coefficient (Wildman–Crippen LogP) is 0.529. The summed E-state index contributed by atoms with van der Waals surface area (Å²) in [6, 6.07) is 0.211. The Hall–Kier alpha value is -0.910. The van der Waals surface area contributed by atoms with E-state index in [4.69, 9.17) is 16.3 Å². The minimum Gasteiger partial charge on any atom is -0.378 e. The number of halogens is 1. The van der Waals surface area contributed by atoms with Gasteiger partial charge < -0.3 is 15.4 Å². The van der Waals surface area contributed by atoms with E-state index in [-0.39, 0.29) is 12.1 Å². The summed E-state index contributed by atoms with van der Waals surface area (Å²) in [6.45, 7) is 1.70. The molecule has 2 rings (SSSR count). The van der Waals surface area contributed by atoms with Crippen molar-refractivity contribution < 1.29 is 4.74 Å². The second-order valence-electron chi connectivity index (χ2n) is 3.41. The average molecular weight is 229 g/mol. The average Bonchev–Trinajstić information content (AvgIpc) is 2.65. The Bertz CT molecular complexity index is 336. The number of hydrogen-bond donors (Lipinski definition) is 2. The Morgan fingerprint density at radius 2 is 2.40 bits per heavy atom. The lowest BCUT2D eigenvalue weighted by Crippen LogP contribution is -2.33. The maximum absolute atomic E-state index is 5.74. The lowest BCUT2D eigenvalue weighted by molar-refractivity contribution is 0.111. The Balaban J connectivity index is 2.02. The molecule has 2 atom stereocenters. The molecule has 1 saturated heterocycles.